The number of nitrogens with one attached hydrogen (secondary N) is 1. The lowest BCUT2D eigenvalue weighted by Gasteiger charge is -2.19. The lowest BCUT2D eigenvalue weighted by molar-refractivity contribution is -0.116. The highest BCUT2D eigenvalue weighted by Crippen LogP contribution is 2.32. The number of hydrogen-bond donors (Lipinski definition) is 1. The van der Waals surface area contributed by atoms with Gasteiger partial charge in [0, 0.05) is 5.57 Å². The van der Waals surface area contributed by atoms with Gasteiger partial charge in [0.05, 0.1) is 12.4 Å². The van der Waals surface area contributed by atoms with Crippen molar-refractivity contribution in [1.82, 2.24) is 5.32 Å². The molecule has 0 saturated carbocycles. The fourth-order valence-electron chi connectivity index (χ4n) is 2.67. The molecule has 3 nitrogen and oxygen atoms in total. The molecule has 1 aromatic rings. The van der Waals surface area contributed by atoms with E-state index in [1.165, 1.54) is 17.5 Å². The summed E-state index contributed by atoms with van der Waals surface area (Å²) < 4.78 is 0. The van der Waals surface area contributed by atoms with Crippen molar-refractivity contribution in [1.29, 1.82) is 0 Å². The molecule has 0 aromatic heterocycles. The van der Waals surface area contributed by atoms with Crippen LogP contribution in [-0.2, 0) is 11.2 Å². The predicted molar refractivity (Wildman–Crippen MR) is 67.8 cm³/mol. The molecule has 1 heterocycles. The molecule has 1 N–H and O–H groups in total. The number of allylic oxidation sites excluding steroid dienone is 1. The van der Waals surface area contributed by atoms with Gasteiger partial charge in [-0.25, -0.2) is 0 Å². The summed E-state index contributed by atoms with van der Waals surface area (Å²) in [7, 11) is 0. The number of rotatable bonds is 0. The number of nitrogens with zero attached hydrogens (tertiary/aromatic N) is 1. The summed E-state index contributed by atoms with van der Waals surface area (Å²) in [5, 5.41) is 2.68. The molecule has 3 rings (SSSR count). The zero-order valence-corrected chi connectivity index (χ0v) is 9.73. The largest absolute Gasteiger partial charge is 0.313 e. The van der Waals surface area contributed by atoms with Gasteiger partial charge in [-0.15, -0.1) is 0 Å². The Morgan fingerprint density at radius 2 is 2.18 bits per heavy atom. The van der Waals surface area contributed by atoms with E-state index >= 15 is 0 Å². The van der Waals surface area contributed by atoms with E-state index in [0.717, 1.165) is 24.0 Å². The average Bonchev–Trinajstić information content (AvgIpc) is 2.49. The van der Waals surface area contributed by atoms with Crippen LogP contribution in [0.5, 0.6) is 0 Å². The van der Waals surface area contributed by atoms with E-state index in [0.29, 0.717) is 0 Å². The average molecular weight is 226 g/mol. The molecular weight excluding hydrogens is 212 g/mol. The summed E-state index contributed by atoms with van der Waals surface area (Å²) in [6.45, 7) is 2.02. The molecule has 0 saturated heterocycles. The van der Waals surface area contributed by atoms with Crippen LogP contribution in [0.25, 0.3) is 5.57 Å². The third kappa shape index (κ3) is 1.58. The normalized spacial score (nSPS) is 22.6. The van der Waals surface area contributed by atoms with E-state index in [2.05, 4.69) is 28.5 Å². The van der Waals surface area contributed by atoms with E-state index in [9.17, 15) is 4.79 Å². The van der Waals surface area contributed by atoms with Crippen LogP contribution in [0.1, 0.15) is 24.5 Å². The molecule has 0 fully saturated rings. The maximum atomic E-state index is 11.9. The third-order valence-electron chi connectivity index (χ3n) is 3.54. The third-order valence-corrected chi connectivity index (χ3v) is 3.54. The van der Waals surface area contributed by atoms with Crippen LogP contribution in [0.4, 0.5) is 0 Å². The van der Waals surface area contributed by atoms with Crippen molar-refractivity contribution in [2.75, 3.05) is 0 Å². The van der Waals surface area contributed by atoms with Gasteiger partial charge < -0.3 is 5.32 Å². The van der Waals surface area contributed by atoms with Gasteiger partial charge in [0.1, 0.15) is 0 Å². The maximum absolute atomic E-state index is 11.9. The second-order valence-corrected chi connectivity index (χ2v) is 4.50. The molecule has 1 unspecified atom stereocenters. The molecule has 1 aliphatic heterocycles. The number of fused-ring (bicyclic) bond motifs is 2. The highest BCUT2D eigenvalue weighted by Gasteiger charge is 2.28. The van der Waals surface area contributed by atoms with Crippen molar-refractivity contribution < 1.29 is 4.79 Å². The van der Waals surface area contributed by atoms with Crippen molar-refractivity contribution in [2.24, 2.45) is 4.99 Å². The molecule has 1 aromatic carbocycles. The van der Waals surface area contributed by atoms with Crippen molar-refractivity contribution in [3.8, 4) is 0 Å². The van der Waals surface area contributed by atoms with E-state index in [4.69, 9.17) is 0 Å². The molecule has 1 amide bonds. The monoisotopic (exact) mass is 226 g/mol. The molecule has 1 aliphatic carbocycles. The van der Waals surface area contributed by atoms with Gasteiger partial charge in [0.15, 0.2) is 0 Å². The van der Waals surface area contributed by atoms with Gasteiger partial charge in [-0.05, 0) is 36.5 Å². The smallest absolute Gasteiger partial charge is 0.254 e. The minimum Gasteiger partial charge on any atom is -0.313 e. The van der Waals surface area contributed by atoms with Crippen LogP contribution in [0.3, 0.4) is 0 Å². The maximum Gasteiger partial charge on any atom is 0.254 e. The van der Waals surface area contributed by atoms with Crippen LogP contribution in [0, 0.1) is 0 Å². The zero-order valence-electron chi connectivity index (χ0n) is 9.73. The molecule has 0 bridgehead atoms. The van der Waals surface area contributed by atoms with E-state index < -0.39 is 0 Å². The number of benzene rings is 1. The van der Waals surface area contributed by atoms with E-state index in [1.54, 1.807) is 0 Å². The Morgan fingerprint density at radius 3 is 3.06 bits per heavy atom. The molecule has 86 valence electrons. The minimum atomic E-state index is -0.000738. The fraction of sp³-hybridized carbons (Fsp3) is 0.286. The second kappa shape index (κ2) is 3.84. The standard InChI is InChI=1S/C14H14N2O/c1-9-11-5-3-2-4-10(11)6-7-12-13(9)14(17)16-8-15-12/h2-5,8,12H,6-7H2,1H3,(H,15,16,17). The summed E-state index contributed by atoms with van der Waals surface area (Å²) in [5.74, 6) is -0.000738. The van der Waals surface area contributed by atoms with Gasteiger partial charge in [0.25, 0.3) is 5.91 Å². The summed E-state index contributed by atoms with van der Waals surface area (Å²) in [6, 6.07) is 8.32. The van der Waals surface area contributed by atoms with Crippen molar-refractivity contribution in [2.45, 2.75) is 25.8 Å². The number of hydrogen-bond acceptors (Lipinski definition) is 2. The highest BCUT2D eigenvalue weighted by molar-refractivity contribution is 6.08. The zero-order chi connectivity index (χ0) is 11.8. The SMILES string of the molecule is CC1=C2C(=O)NC=NC2CCc2ccccc21. The van der Waals surface area contributed by atoms with Crippen LogP contribution < -0.4 is 5.32 Å². The first-order chi connectivity index (χ1) is 8.27. The summed E-state index contributed by atoms with van der Waals surface area (Å²) in [6.07, 6.45) is 3.42. The Hall–Kier alpha value is -1.90. The van der Waals surface area contributed by atoms with Gasteiger partial charge in [-0.2, -0.15) is 0 Å². The van der Waals surface area contributed by atoms with Crippen LogP contribution in [-0.4, -0.2) is 18.3 Å². The predicted octanol–water partition coefficient (Wildman–Crippen LogP) is 1.93. The Bertz CT molecular complexity index is 543. The fourth-order valence-corrected chi connectivity index (χ4v) is 2.67. The first-order valence-corrected chi connectivity index (χ1v) is 5.89. The number of aryl methyl sites for hydroxylation is 1. The lowest BCUT2D eigenvalue weighted by atomic mass is 9.96. The summed E-state index contributed by atoms with van der Waals surface area (Å²) >= 11 is 0. The van der Waals surface area contributed by atoms with Crippen molar-refractivity contribution in [3.05, 3.63) is 41.0 Å². The molecule has 17 heavy (non-hydrogen) atoms. The summed E-state index contributed by atoms with van der Waals surface area (Å²) in [5.41, 5.74) is 4.40. The lowest BCUT2D eigenvalue weighted by Crippen LogP contribution is -2.34. The molecule has 2 aliphatic rings. The Labute approximate surface area is 100 Å². The van der Waals surface area contributed by atoms with Crippen LogP contribution >= 0.6 is 0 Å². The van der Waals surface area contributed by atoms with Gasteiger partial charge in [0.2, 0.25) is 0 Å². The first-order valence-electron chi connectivity index (χ1n) is 5.89. The topological polar surface area (TPSA) is 41.5 Å². The van der Waals surface area contributed by atoms with Crippen LogP contribution in [0.2, 0.25) is 0 Å². The van der Waals surface area contributed by atoms with Crippen molar-refractivity contribution in [3.63, 3.8) is 0 Å². The molecule has 0 spiro atoms. The molecular formula is C14H14N2O. The molecule has 3 heteroatoms. The Morgan fingerprint density at radius 1 is 1.35 bits per heavy atom. The van der Waals surface area contributed by atoms with E-state index in [-0.39, 0.29) is 11.9 Å². The second-order valence-electron chi connectivity index (χ2n) is 4.50. The number of carbonyl (C=O) groups is 1. The molecule has 1 atom stereocenters. The van der Waals surface area contributed by atoms with Crippen molar-refractivity contribution >= 4 is 17.8 Å². The van der Waals surface area contributed by atoms with Gasteiger partial charge in [-0.3, -0.25) is 9.79 Å². The number of aliphatic imine (C=N–C) groups is 1. The van der Waals surface area contributed by atoms with Gasteiger partial charge in [-0.1, -0.05) is 24.3 Å². The van der Waals surface area contributed by atoms with Crippen LogP contribution in [0.15, 0.2) is 34.8 Å². The first kappa shape index (κ1) is 10.3. The minimum absolute atomic E-state index is 0.000738. The number of carbonyl (C=O) groups excluding carboxylic acids is 1. The highest BCUT2D eigenvalue weighted by atomic mass is 16.1. The Balaban J connectivity index is 2.21. The quantitative estimate of drug-likeness (QED) is 0.721. The van der Waals surface area contributed by atoms with Gasteiger partial charge >= 0.3 is 0 Å². The van der Waals surface area contributed by atoms with E-state index in [1.807, 2.05) is 13.0 Å². The summed E-state index contributed by atoms with van der Waals surface area (Å²) in [4.78, 5) is 16.3. The Kier molecular flexibility index (Phi) is 2.32. The molecule has 0 radical (unpaired) electrons. The number of amides is 1.